The molecule has 8 nitrogen and oxygen atoms in total. The van der Waals surface area contributed by atoms with Crippen LogP contribution in [0.15, 0.2) is 29.3 Å². The predicted octanol–water partition coefficient (Wildman–Crippen LogP) is 0.541. The molecule has 8 heteroatoms. The number of benzene rings is 1. The number of aliphatic imine (C=N–C) groups is 1. The van der Waals surface area contributed by atoms with Gasteiger partial charge in [0.1, 0.15) is 5.75 Å². The molecule has 1 aliphatic heterocycles. The van der Waals surface area contributed by atoms with Gasteiger partial charge in [-0.3, -0.25) is 9.69 Å². The molecule has 28 heavy (non-hydrogen) atoms. The number of amides is 1. The van der Waals surface area contributed by atoms with Crippen molar-refractivity contribution in [2.75, 3.05) is 66.6 Å². The highest BCUT2D eigenvalue weighted by Gasteiger charge is 2.11. The van der Waals surface area contributed by atoms with Gasteiger partial charge >= 0.3 is 0 Å². The van der Waals surface area contributed by atoms with Crippen molar-refractivity contribution in [3.05, 3.63) is 29.8 Å². The Morgan fingerprint density at radius 2 is 2.00 bits per heavy atom. The Labute approximate surface area is 167 Å². The van der Waals surface area contributed by atoms with Gasteiger partial charge in [0, 0.05) is 45.8 Å². The van der Waals surface area contributed by atoms with E-state index in [2.05, 4.69) is 20.5 Å². The van der Waals surface area contributed by atoms with Crippen LogP contribution in [-0.2, 0) is 16.1 Å². The van der Waals surface area contributed by atoms with E-state index in [9.17, 15) is 4.79 Å². The SMILES string of the molecule is CCOc1ccccc1CN=C(NCCN1CCOCC1)NCC(=O)N(C)C. The average molecular weight is 392 g/mol. The van der Waals surface area contributed by atoms with Gasteiger partial charge in [0.15, 0.2) is 5.96 Å². The van der Waals surface area contributed by atoms with Crippen LogP contribution in [0.25, 0.3) is 0 Å². The van der Waals surface area contributed by atoms with Crippen LogP contribution in [-0.4, -0.2) is 88.3 Å². The van der Waals surface area contributed by atoms with Gasteiger partial charge in [-0.15, -0.1) is 0 Å². The monoisotopic (exact) mass is 391 g/mol. The van der Waals surface area contributed by atoms with Crippen LogP contribution in [0, 0.1) is 0 Å². The van der Waals surface area contributed by atoms with E-state index in [-0.39, 0.29) is 12.5 Å². The number of nitrogens with one attached hydrogen (secondary N) is 2. The Morgan fingerprint density at radius 1 is 1.25 bits per heavy atom. The molecule has 156 valence electrons. The molecule has 0 bridgehead atoms. The largest absolute Gasteiger partial charge is 0.494 e. The fourth-order valence-electron chi connectivity index (χ4n) is 2.74. The van der Waals surface area contributed by atoms with Crippen molar-refractivity contribution < 1.29 is 14.3 Å². The number of likely N-dealkylation sites (N-methyl/N-ethyl adjacent to an activating group) is 1. The van der Waals surface area contributed by atoms with Crippen molar-refractivity contribution >= 4 is 11.9 Å². The van der Waals surface area contributed by atoms with Crippen molar-refractivity contribution in [1.82, 2.24) is 20.4 Å². The fraction of sp³-hybridized carbons (Fsp3) is 0.600. The van der Waals surface area contributed by atoms with Crippen molar-refractivity contribution in [3.63, 3.8) is 0 Å². The Morgan fingerprint density at radius 3 is 2.71 bits per heavy atom. The normalized spacial score (nSPS) is 15.2. The number of carbonyl (C=O) groups excluding carboxylic acids is 1. The molecule has 1 saturated heterocycles. The third kappa shape index (κ3) is 7.74. The summed E-state index contributed by atoms with van der Waals surface area (Å²) >= 11 is 0. The minimum Gasteiger partial charge on any atom is -0.494 e. The molecule has 0 aromatic heterocycles. The number of guanidine groups is 1. The first-order chi connectivity index (χ1) is 13.6. The van der Waals surface area contributed by atoms with Crippen molar-refractivity contribution in [2.24, 2.45) is 4.99 Å². The first-order valence-electron chi connectivity index (χ1n) is 9.83. The summed E-state index contributed by atoms with van der Waals surface area (Å²) in [4.78, 5) is 20.5. The lowest BCUT2D eigenvalue weighted by molar-refractivity contribution is -0.127. The summed E-state index contributed by atoms with van der Waals surface area (Å²) in [5, 5.41) is 6.45. The standard InChI is InChI=1S/C20H33N5O3/c1-4-28-18-8-6-5-7-17(18)15-22-20(23-16-19(26)24(2)3)21-9-10-25-11-13-27-14-12-25/h5-8H,4,9-16H2,1-3H3,(H2,21,22,23). The summed E-state index contributed by atoms with van der Waals surface area (Å²) in [6, 6.07) is 7.88. The summed E-state index contributed by atoms with van der Waals surface area (Å²) in [6.45, 7) is 8.35. The highest BCUT2D eigenvalue weighted by atomic mass is 16.5. The molecule has 0 radical (unpaired) electrons. The van der Waals surface area contributed by atoms with Crippen molar-refractivity contribution in [1.29, 1.82) is 0 Å². The molecule has 1 amide bonds. The maximum atomic E-state index is 11.9. The first-order valence-corrected chi connectivity index (χ1v) is 9.83. The van der Waals surface area contributed by atoms with Gasteiger partial charge in [-0.25, -0.2) is 4.99 Å². The lowest BCUT2D eigenvalue weighted by Gasteiger charge is -2.26. The van der Waals surface area contributed by atoms with Gasteiger partial charge in [-0.05, 0) is 13.0 Å². The second-order valence-electron chi connectivity index (χ2n) is 6.73. The van der Waals surface area contributed by atoms with Gasteiger partial charge in [-0.2, -0.15) is 0 Å². The number of para-hydroxylation sites is 1. The van der Waals surface area contributed by atoms with Gasteiger partial charge in [0.2, 0.25) is 5.91 Å². The average Bonchev–Trinajstić information content (AvgIpc) is 2.71. The molecule has 0 saturated carbocycles. The Kier molecular flexibility index (Phi) is 9.57. The summed E-state index contributed by atoms with van der Waals surface area (Å²) < 4.78 is 11.1. The van der Waals surface area contributed by atoms with Crippen LogP contribution in [0.2, 0.25) is 0 Å². The molecular formula is C20H33N5O3. The second kappa shape index (κ2) is 12.2. The maximum absolute atomic E-state index is 11.9. The zero-order valence-corrected chi connectivity index (χ0v) is 17.2. The summed E-state index contributed by atoms with van der Waals surface area (Å²) in [7, 11) is 3.48. The lowest BCUT2D eigenvalue weighted by Crippen LogP contribution is -2.46. The number of nitrogens with zero attached hydrogens (tertiary/aromatic N) is 3. The van der Waals surface area contributed by atoms with Crippen LogP contribution >= 0.6 is 0 Å². The molecule has 0 aliphatic carbocycles. The van der Waals surface area contributed by atoms with Crippen LogP contribution in [0.3, 0.4) is 0 Å². The van der Waals surface area contributed by atoms with Crippen LogP contribution in [0.5, 0.6) is 5.75 Å². The third-order valence-electron chi connectivity index (χ3n) is 4.41. The molecule has 1 fully saturated rings. The van der Waals surface area contributed by atoms with Crippen molar-refractivity contribution in [3.8, 4) is 5.75 Å². The number of morpholine rings is 1. The number of hydrogen-bond donors (Lipinski definition) is 2. The summed E-state index contributed by atoms with van der Waals surface area (Å²) in [6.07, 6.45) is 0. The Balaban J connectivity index is 1.95. The first kappa shape index (κ1) is 22.0. The zero-order valence-electron chi connectivity index (χ0n) is 17.2. The summed E-state index contributed by atoms with van der Waals surface area (Å²) in [5.41, 5.74) is 1.01. The molecule has 0 spiro atoms. The molecule has 1 aliphatic rings. The van der Waals surface area contributed by atoms with Crippen LogP contribution in [0.1, 0.15) is 12.5 Å². The molecule has 1 aromatic carbocycles. The van der Waals surface area contributed by atoms with E-state index in [1.807, 2.05) is 31.2 Å². The smallest absolute Gasteiger partial charge is 0.241 e. The van der Waals surface area contributed by atoms with E-state index in [1.165, 1.54) is 0 Å². The zero-order chi connectivity index (χ0) is 20.2. The summed E-state index contributed by atoms with van der Waals surface area (Å²) in [5.74, 6) is 1.46. The second-order valence-corrected chi connectivity index (χ2v) is 6.73. The van der Waals surface area contributed by atoms with Gasteiger partial charge < -0.3 is 25.0 Å². The topological polar surface area (TPSA) is 78.4 Å². The highest BCUT2D eigenvalue weighted by Crippen LogP contribution is 2.18. The molecule has 0 unspecified atom stereocenters. The minimum atomic E-state index is -0.00241. The van der Waals surface area contributed by atoms with Crippen molar-refractivity contribution in [2.45, 2.75) is 13.5 Å². The molecule has 1 heterocycles. The minimum absolute atomic E-state index is 0.00241. The van der Waals surface area contributed by atoms with Gasteiger partial charge in [0.05, 0.1) is 32.9 Å². The molecule has 2 rings (SSSR count). The molecule has 1 aromatic rings. The predicted molar refractivity (Wildman–Crippen MR) is 111 cm³/mol. The van der Waals surface area contributed by atoms with E-state index in [0.29, 0.717) is 19.1 Å². The quantitative estimate of drug-likeness (QED) is 0.473. The number of hydrogen-bond acceptors (Lipinski definition) is 5. The fourth-order valence-corrected chi connectivity index (χ4v) is 2.74. The van der Waals surface area contributed by atoms with E-state index in [0.717, 1.165) is 50.7 Å². The lowest BCUT2D eigenvalue weighted by atomic mass is 10.2. The van der Waals surface area contributed by atoms with Gasteiger partial charge in [-0.1, -0.05) is 18.2 Å². The molecule has 2 N–H and O–H groups in total. The number of rotatable bonds is 9. The Hall–Kier alpha value is -2.32. The number of ether oxygens (including phenoxy) is 2. The third-order valence-corrected chi connectivity index (χ3v) is 4.41. The molecule has 0 atom stereocenters. The van der Waals surface area contributed by atoms with E-state index < -0.39 is 0 Å². The van der Waals surface area contributed by atoms with E-state index in [1.54, 1.807) is 19.0 Å². The van der Waals surface area contributed by atoms with Crippen LogP contribution < -0.4 is 15.4 Å². The maximum Gasteiger partial charge on any atom is 0.241 e. The van der Waals surface area contributed by atoms with E-state index in [4.69, 9.17) is 9.47 Å². The molecular weight excluding hydrogens is 358 g/mol. The van der Waals surface area contributed by atoms with Gasteiger partial charge in [0.25, 0.3) is 0 Å². The Bertz CT molecular complexity index is 630. The van der Waals surface area contributed by atoms with Crippen LogP contribution in [0.4, 0.5) is 0 Å². The highest BCUT2D eigenvalue weighted by molar-refractivity contribution is 5.86. The van der Waals surface area contributed by atoms with E-state index >= 15 is 0 Å². The number of carbonyl (C=O) groups is 1.